The number of nitrogens with zero attached hydrogens (tertiary/aromatic N) is 3. The summed E-state index contributed by atoms with van der Waals surface area (Å²) in [6.45, 7) is 6.66. The molecule has 0 aliphatic carbocycles. The molecule has 3 rings (SSSR count). The lowest BCUT2D eigenvalue weighted by atomic mass is 10.2. The number of nitrogens with two attached hydrogens (primary N) is 1. The van der Waals surface area contributed by atoms with Gasteiger partial charge in [-0.1, -0.05) is 24.3 Å². The highest BCUT2D eigenvalue weighted by molar-refractivity contribution is 5.49. The Morgan fingerprint density at radius 1 is 0.952 bits per heavy atom. The minimum absolute atomic E-state index is 0.556. The van der Waals surface area contributed by atoms with Gasteiger partial charge in [0.2, 0.25) is 0 Å². The number of piperazine rings is 1. The van der Waals surface area contributed by atoms with Crippen molar-refractivity contribution >= 4 is 11.5 Å². The molecule has 1 saturated heterocycles. The maximum absolute atomic E-state index is 5.70. The smallest absolute Gasteiger partial charge is 0.128 e. The summed E-state index contributed by atoms with van der Waals surface area (Å²) in [5, 5.41) is 0. The number of aryl methyl sites for hydroxylation is 1. The average Bonchev–Trinajstić information content (AvgIpc) is 2.56. The normalized spacial score (nSPS) is 15.3. The van der Waals surface area contributed by atoms with E-state index in [4.69, 9.17) is 10.7 Å². The van der Waals surface area contributed by atoms with E-state index < -0.39 is 0 Å². The highest BCUT2D eigenvalue weighted by atomic mass is 15.3. The fraction of sp³-hybridized carbons (Fsp3) is 0.353. The lowest BCUT2D eigenvalue weighted by Crippen LogP contribution is -2.46. The Hall–Kier alpha value is -2.07. The highest BCUT2D eigenvalue weighted by Gasteiger charge is 2.18. The zero-order chi connectivity index (χ0) is 14.7. The summed E-state index contributed by atoms with van der Waals surface area (Å²) in [5.74, 6) is 1.07. The van der Waals surface area contributed by atoms with Gasteiger partial charge in [-0.05, 0) is 30.7 Å². The maximum atomic E-state index is 5.70. The third kappa shape index (κ3) is 3.00. The van der Waals surface area contributed by atoms with Gasteiger partial charge in [-0.2, -0.15) is 0 Å². The maximum Gasteiger partial charge on any atom is 0.128 e. The van der Waals surface area contributed by atoms with Crippen LogP contribution in [0.4, 0.5) is 11.5 Å². The summed E-state index contributed by atoms with van der Waals surface area (Å²) >= 11 is 0. The molecule has 0 amide bonds. The van der Waals surface area contributed by atoms with Gasteiger partial charge in [0, 0.05) is 44.1 Å². The lowest BCUT2D eigenvalue weighted by molar-refractivity contribution is 0.646. The van der Waals surface area contributed by atoms with Crippen LogP contribution in [0, 0.1) is 6.92 Å². The summed E-state index contributed by atoms with van der Waals surface area (Å²) in [6.07, 6.45) is 0. The van der Waals surface area contributed by atoms with E-state index in [0.29, 0.717) is 6.54 Å². The Bertz CT molecular complexity index is 589. The van der Waals surface area contributed by atoms with Crippen LogP contribution in [0.1, 0.15) is 11.3 Å². The van der Waals surface area contributed by atoms with Gasteiger partial charge in [0.05, 0.1) is 0 Å². The van der Waals surface area contributed by atoms with E-state index in [-0.39, 0.29) is 0 Å². The van der Waals surface area contributed by atoms with E-state index in [9.17, 15) is 0 Å². The molecule has 0 radical (unpaired) electrons. The summed E-state index contributed by atoms with van der Waals surface area (Å²) < 4.78 is 0. The Morgan fingerprint density at radius 3 is 2.24 bits per heavy atom. The van der Waals surface area contributed by atoms with Crippen LogP contribution < -0.4 is 15.5 Å². The first kappa shape index (κ1) is 13.9. The van der Waals surface area contributed by atoms with Gasteiger partial charge in [-0.15, -0.1) is 0 Å². The van der Waals surface area contributed by atoms with Crippen LogP contribution in [-0.4, -0.2) is 31.2 Å². The van der Waals surface area contributed by atoms with E-state index in [2.05, 4.69) is 52.3 Å². The number of rotatable bonds is 3. The molecule has 0 spiro atoms. The second-order valence-electron chi connectivity index (χ2n) is 5.43. The molecule has 2 N–H and O–H groups in total. The van der Waals surface area contributed by atoms with E-state index in [1.165, 1.54) is 5.69 Å². The summed E-state index contributed by atoms with van der Waals surface area (Å²) in [4.78, 5) is 9.47. The molecule has 0 saturated carbocycles. The molecule has 1 aromatic heterocycles. The van der Waals surface area contributed by atoms with Crippen molar-refractivity contribution in [3.8, 4) is 0 Å². The third-order valence-corrected chi connectivity index (χ3v) is 4.13. The average molecular weight is 282 g/mol. The first-order valence-electron chi connectivity index (χ1n) is 7.49. The molecule has 2 aromatic rings. The van der Waals surface area contributed by atoms with Crippen LogP contribution in [-0.2, 0) is 6.54 Å². The highest BCUT2D eigenvalue weighted by Crippen LogP contribution is 2.20. The molecule has 1 fully saturated rings. The predicted molar refractivity (Wildman–Crippen MR) is 87.7 cm³/mol. The number of benzene rings is 1. The van der Waals surface area contributed by atoms with Crippen LogP contribution in [0.5, 0.6) is 0 Å². The van der Waals surface area contributed by atoms with Crippen molar-refractivity contribution < 1.29 is 0 Å². The van der Waals surface area contributed by atoms with Crippen molar-refractivity contribution in [1.29, 1.82) is 0 Å². The van der Waals surface area contributed by atoms with E-state index in [1.54, 1.807) is 0 Å². The van der Waals surface area contributed by atoms with Crippen LogP contribution in [0.15, 0.2) is 42.5 Å². The summed E-state index contributed by atoms with van der Waals surface area (Å²) in [5.41, 5.74) is 9.18. The fourth-order valence-electron chi connectivity index (χ4n) is 2.80. The predicted octanol–water partition coefficient (Wildman–Crippen LogP) is 2.18. The second-order valence-corrected chi connectivity index (χ2v) is 5.43. The zero-order valence-corrected chi connectivity index (χ0v) is 12.5. The Morgan fingerprint density at radius 2 is 1.62 bits per heavy atom. The number of hydrogen-bond acceptors (Lipinski definition) is 4. The van der Waals surface area contributed by atoms with E-state index in [0.717, 1.165) is 43.3 Å². The van der Waals surface area contributed by atoms with Crippen molar-refractivity contribution in [2.24, 2.45) is 5.73 Å². The molecule has 0 atom stereocenters. The molecular weight excluding hydrogens is 260 g/mol. The van der Waals surface area contributed by atoms with Gasteiger partial charge in [0.25, 0.3) is 0 Å². The number of pyridine rings is 1. The van der Waals surface area contributed by atoms with Crippen molar-refractivity contribution in [3.05, 3.63) is 53.7 Å². The van der Waals surface area contributed by atoms with Crippen molar-refractivity contribution in [2.45, 2.75) is 13.5 Å². The van der Waals surface area contributed by atoms with Gasteiger partial charge < -0.3 is 15.5 Å². The second kappa shape index (κ2) is 6.14. The largest absolute Gasteiger partial charge is 0.368 e. The monoisotopic (exact) mass is 282 g/mol. The molecule has 4 heteroatoms. The molecule has 4 nitrogen and oxygen atoms in total. The number of anilines is 2. The van der Waals surface area contributed by atoms with Gasteiger partial charge in [0.1, 0.15) is 5.82 Å². The number of para-hydroxylation sites is 1. The number of aromatic nitrogens is 1. The summed E-state index contributed by atoms with van der Waals surface area (Å²) in [7, 11) is 0. The van der Waals surface area contributed by atoms with Gasteiger partial charge >= 0.3 is 0 Å². The first-order valence-corrected chi connectivity index (χ1v) is 7.49. The first-order chi connectivity index (χ1) is 10.3. The fourth-order valence-corrected chi connectivity index (χ4v) is 2.80. The molecule has 0 bridgehead atoms. The molecule has 0 unspecified atom stereocenters. The Kier molecular flexibility index (Phi) is 4.06. The SMILES string of the molecule is Cc1nc(N2CCN(c3ccccc3)CC2)ccc1CN. The quantitative estimate of drug-likeness (QED) is 0.937. The molecule has 1 aromatic carbocycles. The van der Waals surface area contributed by atoms with Gasteiger partial charge in [-0.25, -0.2) is 4.98 Å². The van der Waals surface area contributed by atoms with Crippen molar-refractivity contribution in [1.82, 2.24) is 4.98 Å². The van der Waals surface area contributed by atoms with Crippen LogP contribution in [0.25, 0.3) is 0 Å². The minimum atomic E-state index is 0.556. The third-order valence-electron chi connectivity index (χ3n) is 4.13. The van der Waals surface area contributed by atoms with Crippen LogP contribution >= 0.6 is 0 Å². The standard InChI is InChI=1S/C17H22N4/c1-14-15(13-18)7-8-17(19-14)21-11-9-20(10-12-21)16-5-3-2-4-6-16/h2-8H,9-13,18H2,1H3. The zero-order valence-electron chi connectivity index (χ0n) is 12.5. The summed E-state index contributed by atoms with van der Waals surface area (Å²) in [6, 6.07) is 14.8. The van der Waals surface area contributed by atoms with E-state index >= 15 is 0 Å². The molecule has 1 aliphatic heterocycles. The number of hydrogen-bond donors (Lipinski definition) is 1. The molecule has 110 valence electrons. The Balaban J connectivity index is 1.67. The minimum Gasteiger partial charge on any atom is -0.368 e. The lowest BCUT2D eigenvalue weighted by Gasteiger charge is -2.36. The molecular formula is C17H22N4. The van der Waals surface area contributed by atoms with Gasteiger partial charge in [0.15, 0.2) is 0 Å². The van der Waals surface area contributed by atoms with Crippen molar-refractivity contribution in [2.75, 3.05) is 36.0 Å². The molecule has 21 heavy (non-hydrogen) atoms. The van der Waals surface area contributed by atoms with Crippen LogP contribution in [0.2, 0.25) is 0 Å². The molecule has 2 heterocycles. The Labute approximate surface area is 126 Å². The van der Waals surface area contributed by atoms with Crippen molar-refractivity contribution in [3.63, 3.8) is 0 Å². The topological polar surface area (TPSA) is 45.4 Å². The van der Waals surface area contributed by atoms with E-state index in [1.807, 2.05) is 6.92 Å². The van der Waals surface area contributed by atoms with Gasteiger partial charge in [-0.3, -0.25) is 0 Å². The van der Waals surface area contributed by atoms with Crippen LogP contribution in [0.3, 0.4) is 0 Å². The molecule has 1 aliphatic rings.